The Morgan fingerprint density at radius 1 is 1.21 bits per heavy atom. The zero-order valence-electron chi connectivity index (χ0n) is 18.3. The van der Waals surface area contributed by atoms with E-state index in [2.05, 4.69) is 20.7 Å². The minimum absolute atomic E-state index is 0.0439. The highest BCUT2D eigenvalue weighted by Gasteiger charge is 2.12. The number of nitrogens with one attached hydrogen (secondary N) is 2. The van der Waals surface area contributed by atoms with Gasteiger partial charge >= 0.3 is 6.09 Å². The highest BCUT2D eigenvalue weighted by atomic mass is 19.2. The average molecular weight is 460 g/mol. The first-order valence-corrected chi connectivity index (χ1v) is 9.86. The van der Waals surface area contributed by atoms with E-state index in [1.165, 1.54) is 13.2 Å². The number of hydrogen-bond acceptors (Lipinski definition) is 7. The zero-order chi connectivity index (χ0) is 24.2. The monoisotopic (exact) mass is 460 g/mol. The maximum atomic E-state index is 13.8. The van der Waals surface area contributed by atoms with Crippen LogP contribution >= 0.6 is 0 Å². The van der Waals surface area contributed by atoms with Crippen molar-refractivity contribution in [2.75, 3.05) is 37.9 Å². The molecule has 0 fully saturated rings. The lowest BCUT2D eigenvalue weighted by Crippen LogP contribution is -2.32. The van der Waals surface area contributed by atoms with Crippen molar-refractivity contribution in [1.82, 2.24) is 10.4 Å². The van der Waals surface area contributed by atoms with E-state index in [9.17, 15) is 13.6 Å². The summed E-state index contributed by atoms with van der Waals surface area (Å²) in [5.74, 6) is 3.60. The Morgan fingerprint density at radius 2 is 1.94 bits per heavy atom. The zero-order valence-corrected chi connectivity index (χ0v) is 18.3. The number of amidine groups is 1. The summed E-state index contributed by atoms with van der Waals surface area (Å²) in [5.41, 5.74) is 10.5. The number of carbonyl (C=O) groups excluding carboxylic acids is 1. The summed E-state index contributed by atoms with van der Waals surface area (Å²) in [6, 6.07) is 8.53. The Bertz CT molecular complexity index is 1040. The number of carbonyl (C=O) groups is 1. The van der Waals surface area contributed by atoms with Crippen LogP contribution in [0.3, 0.4) is 0 Å². The number of nitrogen functional groups attached to an aromatic ring is 1. The second kappa shape index (κ2) is 12.9. The van der Waals surface area contributed by atoms with Crippen LogP contribution in [0.25, 0.3) is 11.1 Å². The first-order chi connectivity index (χ1) is 15.9. The lowest BCUT2D eigenvalue weighted by Gasteiger charge is -2.11. The van der Waals surface area contributed by atoms with Gasteiger partial charge in [0.25, 0.3) is 0 Å². The number of ether oxygens (including phenoxy) is 2. The minimum Gasteiger partial charge on any atom is -0.447 e. The number of pyridine rings is 1. The van der Waals surface area contributed by atoms with Gasteiger partial charge in [-0.3, -0.25) is 10.3 Å². The molecule has 1 aromatic carbocycles. The van der Waals surface area contributed by atoms with E-state index in [0.717, 1.165) is 11.6 Å². The topological polar surface area (TPSA) is 137 Å². The second-order valence-electron chi connectivity index (χ2n) is 6.55. The summed E-state index contributed by atoms with van der Waals surface area (Å²) >= 11 is 0. The number of halogens is 2. The van der Waals surface area contributed by atoms with Crippen molar-refractivity contribution in [1.29, 1.82) is 0 Å². The number of aromatic nitrogens is 1. The van der Waals surface area contributed by atoms with Gasteiger partial charge in [0.1, 0.15) is 18.3 Å². The van der Waals surface area contributed by atoms with Gasteiger partial charge in [0.2, 0.25) is 0 Å². The molecule has 0 aliphatic rings. The lowest BCUT2D eigenvalue weighted by molar-refractivity contribution is 0.107. The molecule has 1 heterocycles. The van der Waals surface area contributed by atoms with Crippen molar-refractivity contribution in [3.63, 3.8) is 0 Å². The molecule has 0 spiro atoms. The van der Waals surface area contributed by atoms with Gasteiger partial charge in [-0.25, -0.2) is 24.4 Å². The number of aliphatic imine (C=N–C) groups is 1. The first kappa shape index (κ1) is 25.4. The van der Waals surface area contributed by atoms with Gasteiger partial charge in [-0.15, -0.1) is 0 Å². The van der Waals surface area contributed by atoms with Crippen molar-refractivity contribution in [2.45, 2.75) is 6.92 Å². The molecule has 11 heteroatoms. The molecule has 176 valence electrons. The van der Waals surface area contributed by atoms with Crippen LogP contribution < -0.4 is 22.3 Å². The van der Waals surface area contributed by atoms with Crippen molar-refractivity contribution < 1.29 is 23.0 Å². The van der Waals surface area contributed by atoms with Crippen LogP contribution in [0.1, 0.15) is 12.5 Å². The summed E-state index contributed by atoms with van der Waals surface area (Å²) in [4.78, 5) is 19.8. The van der Waals surface area contributed by atoms with E-state index in [1.807, 2.05) is 0 Å². The number of hydrogen-bond donors (Lipinski definition) is 4. The molecule has 0 saturated carbocycles. The van der Waals surface area contributed by atoms with E-state index >= 15 is 0 Å². The summed E-state index contributed by atoms with van der Waals surface area (Å²) in [6.45, 7) is 1.44. The van der Waals surface area contributed by atoms with Crippen LogP contribution in [0.2, 0.25) is 0 Å². The number of anilines is 2. The number of allylic oxidation sites excluding steroid dienone is 3. The van der Waals surface area contributed by atoms with E-state index in [1.54, 1.807) is 43.5 Å². The van der Waals surface area contributed by atoms with Crippen molar-refractivity contribution in [3.05, 3.63) is 65.9 Å². The lowest BCUT2D eigenvalue weighted by atomic mass is 10.0. The molecule has 9 nitrogen and oxygen atoms in total. The normalized spacial score (nSPS) is 12.5. The number of methoxy groups -OCH3 is 1. The Balaban J connectivity index is 2.21. The SMILES string of the molecule is C/C=C\C(F)=C(\F)CN=C(NN)c1cc(-c2ccc(NC(=O)OCCOC)cc2)cnc1N. The van der Waals surface area contributed by atoms with Gasteiger partial charge in [-0.2, -0.15) is 0 Å². The molecule has 0 aliphatic carbocycles. The first-order valence-electron chi connectivity index (χ1n) is 9.86. The maximum Gasteiger partial charge on any atom is 0.411 e. The minimum atomic E-state index is -1.05. The smallest absolute Gasteiger partial charge is 0.411 e. The van der Waals surface area contributed by atoms with Gasteiger partial charge in [0, 0.05) is 24.6 Å². The van der Waals surface area contributed by atoms with E-state index in [0.29, 0.717) is 23.4 Å². The van der Waals surface area contributed by atoms with Gasteiger partial charge in [0.15, 0.2) is 11.7 Å². The summed E-state index contributed by atoms with van der Waals surface area (Å²) in [5, 5.41) is 2.60. The Labute approximate surface area is 190 Å². The third-order valence-corrected chi connectivity index (χ3v) is 4.24. The average Bonchev–Trinajstić information content (AvgIpc) is 2.81. The van der Waals surface area contributed by atoms with Gasteiger partial charge in [-0.05, 0) is 36.8 Å². The molecule has 1 aromatic heterocycles. The highest BCUT2D eigenvalue weighted by Crippen LogP contribution is 2.24. The number of hydrazine groups is 1. The second-order valence-corrected chi connectivity index (χ2v) is 6.55. The van der Waals surface area contributed by atoms with E-state index in [4.69, 9.17) is 21.1 Å². The molecule has 2 aromatic rings. The van der Waals surface area contributed by atoms with Crippen LogP contribution in [0.4, 0.5) is 25.1 Å². The van der Waals surface area contributed by atoms with Crippen LogP contribution in [0.5, 0.6) is 0 Å². The molecule has 0 unspecified atom stereocenters. The molecule has 33 heavy (non-hydrogen) atoms. The van der Waals surface area contributed by atoms with Crippen LogP contribution in [0.15, 0.2) is 65.3 Å². The van der Waals surface area contributed by atoms with Crippen LogP contribution in [-0.2, 0) is 9.47 Å². The van der Waals surface area contributed by atoms with Crippen molar-refractivity contribution in [2.24, 2.45) is 10.8 Å². The van der Waals surface area contributed by atoms with Crippen LogP contribution in [0, 0.1) is 0 Å². The Kier molecular flexibility index (Phi) is 9.93. The van der Waals surface area contributed by atoms with Crippen molar-refractivity contribution >= 4 is 23.4 Å². The van der Waals surface area contributed by atoms with Gasteiger partial charge in [0.05, 0.1) is 18.7 Å². The highest BCUT2D eigenvalue weighted by molar-refractivity contribution is 6.03. The fourth-order valence-electron chi connectivity index (χ4n) is 2.61. The predicted molar refractivity (Wildman–Crippen MR) is 124 cm³/mol. The largest absolute Gasteiger partial charge is 0.447 e. The number of amides is 1. The summed E-state index contributed by atoms with van der Waals surface area (Å²) in [7, 11) is 1.51. The molecular formula is C22H26F2N6O3. The van der Waals surface area contributed by atoms with E-state index < -0.39 is 24.3 Å². The fraction of sp³-hybridized carbons (Fsp3) is 0.227. The van der Waals surface area contributed by atoms with Crippen LogP contribution in [-0.4, -0.2) is 43.8 Å². The fourth-order valence-corrected chi connectivity index (χ4v) is 2.61. The third-order valence-electron chi connectivity index (χ3n) is 4.24. The summed E-state index contributed by atoms with van der Waals surface area (Å²) < 4.78 is 37.1. The standard InChI is InChI=1S/C22H26F2N6O3/c1-3-4-18(23)19(24)13-28-21(30-26)17-11-15(12-27-20(17)25)14-5-7-16(8-6-14)29-22(31)33-10-9-32-2/h3-8,11-12H,9-10,13,26H2,1-2H3,(H2,25,27)(H,28,30)(H,29,31)/b4-3-,19-18-. The molecular weight excluding hydrogens is 434 g/mol. The van der Waals surface area contributed by atoms with Gasteiger partial charge < -0.3 is 20.6 Å². The quantitative estimate of drug-likeness (QED) is 0.112. The Hall–Kier alpha value is -3.83. The third kappa shape index (κ3) is 7.66. The number of nitrogens with two attached hydrogens (primary N) is 2. The molecule has 0 atom stereocenters. The Morgan fingerprint density at radius 3 is 2.58 bits per heavy atom. The molecule has 2 rings (SSSR count). The van der Waals surface area contributed by atoms with E-state index in [-0.39, 0.29) is 18.3 Å². The van der Waals surface area contributed by atoms with Gasteiger partial charge in [-0.1, -0.05) is 18.2 Å². The maximum absolute atomic E-state index is 13.8. The number of benzene rings is 1. The number of nitrogens with zero attached hydrogens (tertiary/aromatic N) is 2. The molecule has 0 radical (unpaired) electrons. The number of rotatable bonds is 9. The molecule has 0 saturated heterocycles. The molecule has 0 bridgehead atoms. The van der Waals surface area contributed by atoms with Crippen molar-refractivity contribution in [3.8, 4) is 11.1 Å². The molecule has 1 amide bonds. The molecule has 0 aliphatic heterocycles. The molecule has 6 N–H and O–H groups in total. The predicted octanol–water partition coefficient (Wildman–Crippen LogP) is 3.46. The summed E-state index contributed by atoms with van der Waals surface area (Å²) in [6.07, 6.45) is 3.31.